The highest BCUT2D eigenvalue weighted by atomic mass is 16.5. The fourth-order valence-electron chi connectivity index (χ4n) is 2.89. The maximum absolute atomic E-state index is 11.5. The Morgan fingerprint density at radius 2 is 2.06 bits per heavy atom. The summed E-state index contributed by atoms with van der Waals surface area (Å²) in [6, 6.07) is 4.26. The van der Waals surface area contributed by atoms with Crippen LogP contribution in [0.2, 0.25) is 0 Å². The van der Waals surface area contributed by atoms with E-state index >= 15 is 0 Å². The molecule has 2 heterocycles. The van der Waals surface area contributed by atoms with E-state index in [1.54, 1.807) is 7.11 Å². The lowest BCUT2D eigenvalue weighted by Gasteiger charge is -2.24. The zero-order valence-electron chi connectivity index (χ0n) is 10.6. The van der Waals surface area contributed by atoms with Gasteiger partial charge in [-0.2, -0.15) is 0 Å². The summed E-state index contributed by atoms with van der Waals surface area (Å²) in [5.41, 5.74) is 3.25. The van der Waals surface area contributed by atoms with Gasteiger partial charge in [0.2, 0.25) is 5.91 Å². The number of hydrogen-bond acceptors (Lipinski definition) is 3. The number of methoxy groups -OCH3 is 1. The van der Waals surface area contributed by atoms with Gasteiger partial charge in [-0.05, 0) is 49.0 Å². The summed E-state index contributed by atoms with van der Waals surface area (Å²) < 4.78 is 5.41. The van der Waals surface area contributed by atoms with Crippen molar-refractivity contribution in [3.8, 4) is 5.75 Å². The first-order chi connectivity index (χ1) is 8.78. The fourth-order valence-corrected chi connectivity index (χ4v) is 2.89. The molecule has 0 atom stereocenters. The van der Waals surface area contributed by atoms with E-state index in [1.807, 2.05) is 0 Å². The maximum atomic E-state index is 11.5. The molecule has 1 aromatic rings. The van der Waals surface area contributed by atoms with E-state index in [1.165, 1.54) is 5.56 Å². The number of hydrogen-bond donors (Lipinski definition) is 2. The number of nitrogens with one attached hydrogen (secondary N) is 2. The number of rotatable bonds is 2. The molecule has 0 aliphatic carbocycles. The van der Waals surface area contributed by atoms with E-state index in [4.69, 9.17) is 4.74 Å². The monoisotopic (exact) mass is 246 g/mol. The number of carbonyl (C=O) groups excluding carboxylic acids is 1. The topological polar surface area (TPSA) is 50.4 Å². The molecule has 3 rings (SSSR count). The summed E-state index contributed by atoms with van der Waals surface area (Å²) >= 11 is 0. The Hall–Kier alpha value is -1.55. The summed E-state index contributed by atoms with van der Waals surface area (Å²) in [5, 5.41) is 6.25. The van der Waals surface area contributed by atoms with Gasteiger partial charge >= 0.3 is 0 Å². The number of anilines is 1. The minimum absolute atomic E-state index is 0.0609. The maximum Gasteiger partial charge on any atom is 0.228 e. The van der Waals surface area contributed by atoms with Gasteiger partial charge in [0.05, 0.1) is 19.2 Å². The van der Waals surface area contributed by atoms with Gasteiger partial charge in [0, 0.05) is 0 Å². The molecule has 2 N–H and O–H groups in total. The van der Waals surface area contributed by atoms with Gasteiger partial charge in [-0.15, -0.1) is 0 Å². The van der Waals surface area contributed by atoms with Crippen molar-refractivity contribution in [2.45, 2.75) is 25.2 Å². The molecule has 96 valence electrons. The van der Waals surface area contributed by atoms with Crippen molar-refractivity contribution in [3.63, 3.8) is 0 Å². The van der Waals surface area contributed by atoms with Crippen LogP contribution >= 0.6 is 0 Å². The molecule has 0 radical (unpaired) electrons. The normalized spacial score (nSPS) is 19.5. The van der Waals surface area contributed by atoms with Crippen molar-refractivity contribution in [2.75, 3.05) is 25.5 Å². The van der Waals surface area contributed by atoms with Crippen molar-refractivity contribution in [1.29, 1.82) is 0 Å². The predicted molar refractivity (Wildman–Crippen MR) is 70.2 cm³/mol. The van der Waals surface area contributed by atoms with Crippen LogP contribution in [0, 0.1) is 0 Å². The van der Waals surface area contributed by atoms with Crippen molar-refractivity contribution in [2.24, 2.45) is 0 Å². The zero-order valence-corrected chi connectivity index (χ0v) is 10.6. The van der Waals surface area contributed by atoms with E-state index in [0.717, 1.165) is 42.9 Å². The molecule has 0 unspecified atom stereocenters. The third-order valence-electron chi connectivity index (χ3n) is 3.85. The van der Waals surface area contributed by atoms with E-state index < -0.39 is 0 Å². The summed E-state index contributed by atoms with van der Waals surface area (Å²) in [6.45, 7) is 2.14. The van der Waals surface area contributed by atoms with Crippen LogP contribution in [0.15, 0.2) is 12.1 Å². The van der Waals surface area contributed by atoms with Gasteiger partial charge in [0.15, 0.2) is 0 Å². The quantitative estimate of drug-likeness (QED) is 0.834. The molecule has 0 spiro atoms. The van der Waals surface area contributed by atoms with Crippen LogP contribution in [0.25, 0.3) is 0 Å². The van der Waals surface area contributed by atoms with E-state index in [-0.39, 0.29) is 5.91 Å². The van der Waals surface area contributed by atoms with Gasteiger partial charge < -0.3 is 15.4 Å². The minimum atomic E-state index is 0.0609. The second-order valence-corrected chi connectivity index (χ2v) is 5.01. The average molecular weight is 246 g/mol. The first kappa shape index (κ1) is 11.5. The van der Waals surface area contributed by atoms with Crippen LogP contribution < -0.4 is 15.4 Å². The largest absolute Gasteiger partial charge is 0.495 e. The van der Waals surface area contributed by atoms with Crippen molar-refractivity contribution in [1.82, 2.24) is 5.32 Å². The van der Waals surface area contributed by atoms with Gasteiger partial charge in [-0.1, -0.05) is 6.07 Å². The molecule has 0 saturated carbocycles. The number of benzene rings is 1. The second kappa shape index (κ2) is 4.61. The summed E-state index contributed by atoms with van der Waals surface area (Å²) in [6.07, 6.45) is 2.79. The molecule has 1 aromatic carbocycles. The van der Waals surface area contributed by atoms with Crippen LogP contribution in [0.5, 0.6) is 5.75 Å². The third kappa shape index (κ3) is 1.97. The highest BCUT2D eigenvalue weighted by molar-refractivity contribution is 6.01. The Morgan fingerprint density at radius 3 is 2.78 bits per heavy atom. The molecule has 0 bridgehead atoms. The lowest BCUT2D eigenvalue weighted by Crippen LogP contribution is -2.26. The van der Waals surface area contributed by atoms with Crippen LogP contribution in [-0.2, 0) is 11.2 Å². The van der Waals surface area contributed by atoms with E-state index in [0.29, 0.717) is 12.3 Å². The molecular weight excluding hydrogens is 228 g/mol. The van der Waals surface area contributed by atoms with E-state index in [2.05, 4.69) is 22.8 Å². The third-order valence-corrected chi connectivity index (χ3v) is 3.85. The first-order valence-corrected chi connectivity index (χ1v) is 6.49. The molecule has 1 amide bonds. The highest BCUT2D eigenvalue weighted by Crippen LogP contribution is 2.38. The molecule has 1 saturated heterocycles. The SMILES string of the molecule is COc1cc(C2CCNCC2)cc2c1NC(=O)C2. The van der Waals surface area contributed by atoms with Gasteiger partial charge in [0.1, 0.15) is 5.75 Å². The van der Waals surface area contributed by atoms with Crippen molar-refractivity contribution >= 4 is 11.6 Å². The Labute approximate surface area is 107 Å². The Kier molecular flexibility index (Phi) is 2.96. The number of amides is 1. The number of fused-ring (bicyclic) bond motifs is 1. The molecule has 4 heteroatoms. The van der Waals surface area contributed by atoms with Gasteiger partial charge in [-0.3, -0.25) is 4.79 Å². The lowest BCUT2D eigenvalue weighted by molar-refractivity contribution is -0.115. The van der Waals surface area contributed by atoms with Crippen LogP contribution in [-0.4, -0.2) is 26.1 Å². The number of ether oxygens (including phenoxy) is 1. The number of carbonyl (C=O) groups is 1. The van der Waals surface area contributed by atoms with Crippen molar-refractivity contribution in [3.05, 3.63) is 23.3 Å². The Bertz CT molecular complexity index is 479. The lowest BCUT2D eigenvalue weighted by atomic mass is 9.88. The Morgan fingerprint density at radius 1 is 1.28 bits per heavy atom. The molecule has 18 heavy (non-hydrogen) atoms. The van der Waals surface area contributed by atoms with Gasteiger partial charge in [0.25, 0.3) is 0 Å². The highest BCUT2D eigenvalue weighted by Gasteiger charge is 2.25. The molecular formula is C14H18N2O2. The zero-order chi connectivity index (χ0) is 12.5. The molecule has 2 aliphatic rings. The smallest absolute Gasteiger partial charge is 0.228 e. The molecule has 4 nitrogen and oxygen atoms in total. The molecule has 0 aromatic heterocycles. The summed E-state index contributed by atoms with van der Waals surface area (Å²) in [5.74, 6) is 1.44. The van der Waals surface area contributed by atoms with E-state index in [9.17, 15) is 4.79 Å². The molecule has 1 fully saturated rings. The standard InChI is InChI=1S/C14H18N2O2/c1-18-12-7-10(9-2-4-15-5-3-9)6-11-8-13(17)16-14(11)12/h6-7,9,15H,2-5,8H2,1H3,(H,16,17). The van der Waals surface area contributed by atoms with Crippen LogP contribution in [0.4, 0.5) is 5.69 Å². The van der Waals surface area contributed by atoms with Crippen molar-refractivity contribution < 1.29 is 9.53 Å². The predicted octanol–water partition coefficient (Wildman–Crippen LogP) is 1.66. The summed E-state index contributed by atoms with van der Waals surface area (Å²) in [4.78, 5) is 11.5. The van der Waals surface area contributed by atoms with Crippen LogP contribution in [0.3, 0.4) is 0 Å². The Balaban J connectivity index is 1.96. The average Bonchev–Trinajstić information content (AvgIpc) is 2.78. The number of piperidine rings is 1. The van der Waals surface area contributed by atoms with Crippen LogP contribution in [0.1, 0.15) is 29.9 Å². The molecule has 2 aliphatic heterocycles. The second-order valence-electron chi connectivity index (χ2n) is 5.01. The summed E-state index contributed by atoms with van der Waals surface area (Å²) in [7, 11) is 1.66. The minimum Gasteiger partial charge on any atom is -0.495 e. The van der Waals surface area contributed by atoms with Gasteiger partial charge in [-0.25, -0.2) is 0 Å². The fraction of sp³-hybridized carbons (Fsp3) is 0.500. The first-order valence-electron chi connectivity index (χ1n) is 6.49.